The van der Waals surface area contributed by atoms with E-state index in [4.69, 9.17) is 5.73 Å². The Hall–Kier alpha value is -2.12. The van der Waals surface area contributed by atoms with Crippen molar-refractivity contribution in [3.05, 3.63) is 83.9 Å². The minimum atomic E-state index is -0.417. The van der Waals surface area contributed by atoms with E-state index in [-0.39, 0.29) is 0 Å². The van der Waals surface area contributed by atoms with Crippen molar-refractivity contribution >= 4 is 10.8 Å². The van der Waals surface area contributed by atoms with Gasteiger partial charge in [0.2, 0.25) is 0 Å². The maximum atomic E-state index is 6.84. The van der Waals surface area contributed by atoms with E-state index >= 15 is 0 Å². The summed E-state index contributed by atoms with van der Waals surface area (Å²) in [5.41, 5.74) is 8.80. The summed E-state index contributed by atoms with van der Waals surface area (Å²) in [6.07, 6.45) is 1.99. The lowest BCUT2D eigenvalue weighted by Crippen LogP contribution is -2.37. The second kappa shape index (κ2) is 5.71. The van der Waals surface area contributed by atoms with Crippen LogP contribution in [0.2, 0.25) is 0 Å². The Kier molecular flexibility index (Phi) is 3.76. The molecule has 2 N–H and O–H groups in total. The van der Waals surface area contributed by atoms with Crippen LogP contribution in [0.4, 0.5) is 0 Å². The summed E-state index contributed by atoms with van der Waals surface area (Å²) < 4.78 is 0. The third kappa shape index (κ3) is 2.57. The number of fused-ring (bicyclic) bond motifs is 1. The van der Waals surface area contributed by atoms with Gasteiger partial charge in [0, 0.05) is 0 Å². The third-order valence-corrected chi connectivity index (χ3v) is 4.20. The molecule has 0 heterocycles. The van der Waals surface area contributed by atoms with Crippen LogP contribution >= 0.6 is 0 Å². The minimum Gasteiger partial charge on any atom is -0.318 e. The molecule has 0 aliphatic carbocycles. The average molecular weight is 275 g/mol. The molecule has 3 aromatic rings. The van der Waals surface area contributed by atoms with Crippen molar-refractivity contribution in [3.63, 3.8) is 0 Å². The fourth-order valence-corrected chi connectivity index (χ4v) is 3.05. The molecular formula is C20H21N. The summed E-state index contributed by atoms with van der Waals surface area (Å²) in [5.74, 6) is 0. The highest BCUT2D eigenvalue weighted by Crippen LogP contribution is 2.33. The number of benzene rings is 3. The first-order chi connectivity index (χ1) is 10.2. The molecule has 3 rings (SSSR count). The third-order valence-electron chi connectivity index (χ3n) is 4.20. The topological polar surface area (TPSA) is 26.0 Å². The van der Waals surface area contributed by atoms with Crippen LogP contribution in [0.3, 0.4) is 0 Å². The number of hydrogen-bond acceptors (Lipinski definition) is 1. The molecule has 0 aliphatic rings. The van der Waals surface area contributed by atoms with Crippen LogP contribution < -0.4 is 5.73 Å². The van der Waals surface area contributed by atoms with E-state index in [1.54, 1.807) is 0 Å². The summed E-state index contributed by atoms with van der Waals surface area (Å²) in [6.45, 7) is 2.19. The lowest BCUT2D eigenvalue weighted by atomic mass is 9.79. The van der Waals surface area contributed by atoms with Gasteiger partial charge in [0.1, 0.15) is 0 Å². The zero-order valence-corrected chi connectivity index (χ0v) is 12.4. The Morgan fingerprint density at radius 1 is 0.762 bits per heavy atom. The molecule has 0 spiro atoms. The largest absolute Gasteiger partial charge is 0.318 e. The van der Waals surface area contributed by atoms with Gasteiger partial charge in [0.25, 0.3) is 0 Å². The second-order valence-electron chi connectivity index (χ2n) is 5.65. The van der Waals surface area contributed by atoms with Crippen molar-refractivity contribution < 1.29 is 0 Å². The van der Waals surface area contributed by atoms with Crippen LogP contribution in [0.15, 0.2) is 72.8 Å². The van der Waals surface area contributed by atoms with Crippen molar-refractivity contribution in [2.75, 3.05) is 0 Å². The minimum absolute atomic E-state index is 0.417. The Balaban J connectivity index is 2.15. The van der Waals surface area contributed by atoms with Gasteiger partial charge in [-0.2, -0.15) is 0 Å². The van der Waals surface area contributed by atoms with Crippen molar-refractivity contribution in [1.29, 1.82) is 0 Å². The van der Waals surface area contributed by atoms with Gasteiger partial charge in [-0.3, -0.25) is 0 Å². The molecule has 0 bridgehead atoms. The standard InChI is InChI=1S/C20H21N/c1-2-14-20(21,18-10-4-3-5-11-18)19-13-12-16-8-6-7-9-17(16)15-19/h3-13,15H,2,14,21H2,1H3. The first-order valence-corrected chi connectivity index (χ1v) is 7.58. The Labute approximate surface area is 126 Å². The summed E-state index contributed by atoms with van der Waals surface area (Å²) in [4.78, 5) is 0. The van der Waals surface area contributed by atoms with Gasteiger partial charge in [-0.15, -0.1) is 0 Å². The van der Waals surface area contributed by atoms with Crippen molar-refractivity contribution in [3.8, 4) is 0 Å². The van der Waals surface area contributed by atoms with Crippen LogP contribution in [0.5, 0.6) is 0 Å². The molecule has 0 saturated carbocycles. The molecule has 1 heteroatoms. The molecule has 1 atom stereocenters. The molecule has 1 nitrogen and oxygen atoms in total. The molecule has 0 saturated heterocycles. The Bertz CT molecular complexity index is 733. The van der Waals surface area contributed by atoms with Crippen LogP contribution in [-0.2, 0) is 5.54 Å². The van der Waals surface area contributed by atoms with Gasteiger partial charge in [-0.05, 0) is 34.4 Å². The number of hydrogen-bond donors (Lipinski definition) is 1. The molecule has 106 valence electrons. The highest BCUT2D eigenvalue weighted by atomic mass is 14.7. The molecule has 0 aromatic heterocycles. The zero-order valence-electron chi connectivity index (χ0n) is 12.4. The van der Waals surface area contributed by atoms with Crippen LogP contribution in [0.25, 0.3) is 10.8 Å². The number of nitrogens with two attached hydrogens (primary N) is 1. The van der Waals surface area contributed by atoms with E-state index in [9.17, 15) is 0 Å². The molecular weight excluding hydrogens is 254 g/mol. The van der Waals surface area contributed by atoms with E-state index in [2.05, 4.69) is 73.7 Å². The van der Waals surface area contributed by atoms with Crippen molar-refractivity contribution in [2.45, 2.75) is 25.3 Å². The van der Waals surface area contributed by atoms with Crippen LogP contribution in [-0.4, -0.2) is 0 Å². The van der Waals surface area contributed by atoms with E-state index in [0.717, 1.165) is 12.8 Å². The molecule has 0 fully saturated rings. The van der Waals surface area contributed by atoms with E-state index in [0.29, 0.717) is 0 Å². The summed E-state index contributed by atoms with van der Waals surface area (Å²) in [6, 6.07) is 25.4. The highest BCUT2D eigenvalue weighted by molar-refractivity contribution is 5.83. The first kappa shape index (κ1) is 13.8. The fourth-order valence-electron chi connectivity index (χ4n) is 3.05. The molecule has 21 heavy (non-hydrogen) atoms. The summed E-state index contributed by atoms with van der Waals surface area (Å²) in [7, 11) is 0. The van der Waals surface area contributed by atoms with Gasteiger partial charge in [0.05, 0.1) is 5.54 Å². The zero-order chi connectivity index (χ0) is 14.7. The average Bonchev–Trinajstić information content (AvgIpc) is 2.55. The summed E-state index contributed by atoms with van der Waals surface area (Å²) in [5, 5.41) is 2.50. The van der Waals surface area contributed by atoms with Crippen molar-refractivity contribution in [2.24, 2.45) is 5.73 Å². The molecule has 0 amide bonds. The smallest absolute Gasteiger partial charge is 0.0665 e. The first-order valence-electron chi connectivity index (χ1n) is 7.58. The predicted octanol–water partition coefficient (Wildman–Crippen LogP) is 4.84. The quantitative estimate of drug-likeness (QED) is 0.724. The Morgan fingerprint density at radius 2 is 1.43 bits per heavy atom. The second-order valence-corrected chi connectivity index (χ2v) is 5.65. The molecule has 0 radical (unpaired) electrons. The fraction of sp³-hybridized carbons (Fsp3) is 0.200. The Morgan fingerprint density at radius 3 is 2.14 bits per heavy atom. The van der Waals surface area contributed by atoms with E-state index in [1.165, 1.54) is 21.9 Å². The highest BCUT2D eigenvalue weighted by Gasteiger charge is 2.28. The van der Waals surface area contributed by atoms with Gasteiger partial charge in [0.15, 0.2) is 0 Å². The molecule has 1 unspecified atom stereocenters. The normalized spacial score (nSPS) is 14.0. The predicted molar refractivity (Wildman–Crippen MR) is 90.3 cm³/mol. The van der Waals surface area contributed by atoms with Gasteiger partial charge >= 0.3 is 0 Å². The van der Waals surface area contributed by atoms with E-state index in [1.807, 2.05) is 6.07 Å². The van der Waals surface area contributed by atoms with Gasteiger partial charge in [-0.1, -0.05) is 80.1 Å². The monoisotopic (exact) mass is 275 g/mol. The lowest BCUT2D eigenvalue weighted by molar-refractivity contribution is 0.485. The lowest BCUT2D eigenvalue weighted by Gasteiger charge is -2.31. The van der Waals surface area contributed by atoms with Crippen molar-refractivity contribution in [1.82, 2.24) is 0 Å². The van der Waals surface area contributed by atoms with Gasteiger partial charge < -0.3 is 5.73 Å². The molecule has 3 aromatic carbocycles. The SMILES string of the molecule is CCCC(N)(c1ccccc1)c1ccc2ccccc2c1. The molecule has 0 aliphatic heterocycles. The maximum Gasteiger partial charge on any atom is 0.0665 e. The maximum absolute atomic E-state index is 6.84. The van der Waals surface area contributed by atoms with Crippen LogP contribution in [0.1, 0.15) is 30.9 Å². The number of rotatable bonds is 4. The van der Waals surface area contributed by atoms with Gasteiger partial charge in [-0.25, -0.2) is 0 Å². The summed E-state index contributed by atoms with van der Waals surface area (Å²) >= 11 is 0. The van der Waals surface area contributed by atoms with Crippen LogP contribution in [0, 0.1) is 0 Å². The van der Waals surface area contributed by atoms with E-state index < -0.39 is 5.54 Å².